The zero-order chi connectivity index (χ0) is 13.9. The number of anilines is 1. The molecule has 5 N–H and O–H groups in total. The van der Waals surface area contributed by atoms with Crippen molar-refractivity contribution >= 4 is 11.6 Å². The van der Waals surface area contributed by atoms with Crippen molar-refractivity contribution in [3.05, 3.63) is 29.8 Å². The summed E-state index contributed by atoms with van der Waals surface area (Å²) in [6.07, 6.45) is 3.46. The van der Waals surface area contributed by atoms with Crippen molar-refractivity contribution in [2.45, 2.75) is 38.1 Å². The first-order valence-electron chi connectivity index (χ1n) is 6.89. The average molecular weight is 261 g/mol. The molecule has 1 atom stereocenters. The van der Waals surface area contributed by atoms with Crippen molar-refractivity contribution in [1.82, 2.24) is 5.32 Å². The summed E-state index contributed by atoms with van der Waals surface area (Å²) in [5.74, 6) is 0.603. The normalized spacial score (nSPS) is 17.8. The fourth-order valence-corrected chi connectivity index (χ4v) is 2.43. The summed E-state index contributed by atoms with van der Waals surface area (Å²) in [4.78, 5) is 12.0. The zero-order valence-corrected chi connectivity index (χ0v) is 11.5. The van der Waals surface area contributed by atoms with Gasteiger partial charge in [0.2, 0.25) is 5.91 Å². The summed E-state index contributed by atoms with van der Waals surface area (Å²) in [6.45, 7) is 2.54. The number of rotatable bonds is 6. The number of hydrogen-bond acceptors (Lipinski definition) is 3. The fourth-order valence-electron chi connectivity index (χ4n) is 2.43. The van der Waals surface area contributed by atoms with Crippen molar-refractivity contribution < 1.29 is 4.79 Å². The standard InChI is InChI=1S/C15H23N3O/c1-15(10-16,12-7-8-12)18-14(19)9-6-11-4-2-3-5-13(11)17/h2-5,12H,6-10,16-17H2,1H3,(H,18,19). The summed E-state index contributed by atoms with van der Waals surface area (Å²) < 4.78 is 0. The van der Waals surface area contributed by atoms with Crippen molar-refractivity contribution in [2.75, 3.05) is 12.3 Å². The first-order chi connectivity index (χ1) is 9.05. The Bertz CT molecular complexity index is 456. The van der Waals surface area contributed by atoms with Crippen LogP contribution in [-0.4, -0.2) is 18.0 Å². The van der Waals surface area contributed by atoms with Crippen LogP contribution >= 0.6 is 0 Å². The SMILES string of the molecule is CC(CN)(NC(=O)CCc1ccccc1N)C1CC1. The zero-order valence-electron chi connectivity index (χ0n) is 11.5. The maximum Gasteiger partial charge on any atom is 0.220 e. The van der Waals surface area contributed by atoms with E-state index in [1.165, 1.54) is 12.8 Å². The summed E-state index contributed by atoms with van der Waals surface area (Å²) in [7, 11) is 0. The van der Waals surface area contributed by atoms with Gasteiger partial charge < -0.3 is 16.8 Å². The second kappa shape index (κ2) is 5.61. The number of aryl methyl sites for hydroxylation is 1. The summed E-state index contributed by atoms with van der Waals surface area (Å²) in [6, 6.07) is 7.67. The quantitative estimate of drug-likeness (QED) is 0.678. The molecule has 1 saturated carbocycles. The highest BCUT2D eigenvalue weighted by atomic mass is 16.1. The molecule has 1 unspecified atom stereocenters. The first kappa shape index (κ1) is 13.9. The van der Waals surface area contributed by atoms with E-state index in [0.29, 0.717) is 25.3 Å². The fraction of sp³-hybridized carbons (Fsp3) is 0.533. The number of para-hydroxylation sites is 1. The molecule has 4 nitrogen and oxygen atoms in total. The largest absolute Gasteiger partial charge is 0.399 e. The molecule has 1 aliphatic rings. The minimum atomic E-state index is -0.237. The van der Waals surface area contributed by atoms with E-state index >= 15 is 0 Å². The minimum absolute atomic E-state index is 0.0584. The molecule has 1 fully saturated rings. The number of benzene rings is 1. The van der Waals surface area contributed by atoms with Gasteiger partial charge in [0.05, 0.1) is 5.54 Å². The maximum atomic E-state index is 12.0. The second-order valence-electron chi connectivity index (χ2n) is 5.64. The molecule has 4 heteroatoms. The molecule has 0 aromatic heterocycles. The van der Waals surface area contributed by atoms with Crippen LogP contribution in [-0.2, 0) is 11.2 Å². The molecule has 0 radical (unpaired) electrons. The smallest absolute Gasteiger partial charge is 0.220 e. The number of carbonyl (C=O) groups excluding carboxylic acids is 1. The Morgan fingerprint density at radius 1 is 1.42 bits per heavy atom. The van der Waals surface area contributed by atoms with Gasteiger partial charge >= 0.3 is 0 Å². The van der Waals surface area contributed by atoms with Crippen molar-refractivity contribution in [3.8, 4) is 0 Å². The number of nitrogen functional groups attached to an aromatic ring is 1. The number of hydrogen-bond donors (Lipinski definition) is 3. The van der Waals surface area contributed by atoms with E-state index in [2.05, 4.69) is 5.32 Å². The molecule has 0 saturated heterocycles. The van der Waals surface area contributed by atoms with Gasteiger partial charge in [-0.25, -0.2) is 0 Å². The molecule has 0 bridgehead atoms. The number of nitrogens with one attached hydrogen (secondary N) is 1. The van der Waals surface area contributed by atoms with Crippen LogP contribution in [0.5, 0.6) is 0 Å². The number of amides is 1. The van der Waals surface area contributed by atoms with Gasteiger partial charge in [0.1, 0.15) is 0 Å². The Morgan fingerprint density at radius 2 is 2.11 bits per heavy atom. The highest BCUT2D eigenvalue weighted by Crippen LogP contribution is 2.39. The highest BCUT2D eigenvalue weighted by molar-refractivity contribution is 5.77. The van der Waals surface area contributed by atoms with E-state index in [1.807, 2.05) is 31.2 Å². The molecule has 0 aliphatic heterocycles. The van der Waals surface area contributed by atoms with Crippen LogP contribution in [0, 0.1) is 5.92 Å². The van der Waals surface area contributed by atoms with Gasteiger partial charge in [0, 0.05) is 18.7 Å². The van der Waals surface area contributed by atoms with Gasteiger partial charge in [-0.3, -0.25) is 4.79 Å². The average Bonchev–Trinajstić information content (AvgIpc) is 3.22. The predicted octanol–water partition coefficient (Wildman–Crippen LogP) is 1.44. The molecular weight excluding hydrogens is 238 g/mol. The van der Waals surface area contributed by atoms with Crippen molar-refractivity contribution in [2.24, 2.45) is 11.7 Å². The lowest BCUT2D eigenvalue weighted by molar-refractivity contribution is -0.123. The van der Waals surface area contributed by atoms with Gasteiger partial charge in [-0.15, -0.1) is 0 Å². The Morgan fingerprint density at radius 3 is 2.68 bits per heavy atom. The van der Waals surface area contributed by atoms with Gasteiger partial charge in [-0.1, -0.05) is 18.2 Å². The minimum Gasteiger partial charge on any atom is -0.399 e. The Balaban J connectivity index is 1.86. The summed E-state index contributed by atoms with van der Waals surface area (Å²) in [5, 5.41) is 3.09. The number of nitrogens with two attached hydrogens (primary N) is 2. The van der Waals surface area contributed by atoms with E-state index in [4.69, 9.17) is 11.5 Å². The van der Waals surface area contributed by atoms with E-state index in [9.17, 15) is 4.79 Å². The molecule has 1 amide bonds. The van der Waals surface area contributed by atoms with Gasteiger partial charge in [-0.2, -0.15) is 0 Å². The third-order valence-corrected chi connectivity index (χ3v) is 4.00. The molecule has 1 aliphatic carbocycles. The Hall–Kier alpha value is -1.55. The molecule has 104 valence electrons. The predicted molar refractivity (Wildman–Crippen MR) is 77.5 cm³/mol. The van der Waals surface area contributed by atoms with Crippen LogP contribution in [0.3, 0.4) is 0 Å². The van der Waals surface area contributed by atoms with Crippen LogP contribution in [0.25, 0.3) is 0 Å². The van der Waals surface area contributed by atoms with Crippen LogP contribution in [0.15, 0.2) is 24.3 Å². The Labute approximate surface area is 114 Å². The monoisotopic (exact) mass is 261 g/mol. The van der Waals surface area contributed by atoms with Gasteiger partial charge in [0.25, 0.3) is 0 Å². The molecule has 0 heterocycles. The molecule has 1 aromatic carbocycles. The van der Waals surface area contributed by atoms with Crippen LogP contribution in [0.2, 0.25) is 0 Å². The molecular formula is C15H23N3O. The van der Waals surface area contributed by atoms with Crippen LogP contribution in [0.1, 0.15) is 31.7 Å². The topological polar surface area (TPSA) is 81.1 Å². The maximum absolute atomic E-state index is 12.0. The van der Waals surface area contributed by atoms with Gasteiger partial charge in [0.15, 0.2) is 0 Å². The van der Waals surface area contributed by atoms with E-state index in [1.54, 1.807) is 0 Å². The van der Waals surface area contributed by atoms with Crippen LogP contribution in [0.4, 0.5) is 5.69 Å². The van der Waals surface area contributed by atoms with E-state index in [-0.39, 0.29) is 11.4 Å². The number of carbonyl (C=O) groups is 1. The lowest BCUT2D eigenvalue weighted by atomic mass is 9.95. The molecule has 2 rings (SSSR count). The van der Waals surface area contributed by atoms with E-state index < -0.39 is 0 Å². The lowest BCUT2D eigenvalue weighted by Crippen LogP contribution is -2.53. The summed E-state index contributed by atoms with van der Waals surface area (Å²) in [5.41, 5.74) is 13.2. The third kappa shape index (κ3) is 3.47. The van der Waals surface area contributed by atoms with Crippen molar-refractivity contribution in [3.63, 3.8) is 0 Å². The third-order valence-electron chi connectivity index (χ3n) is 4.00. The van der Waals surface area contributed by atoms with Gasteiger partial charge in [-0.05, 0) is 43.7 Å². The highest BCUT2D eigenvalue weighted by Gasteiger charge is 2.41. The second-order valence-corrected chi connectivity index (χ2v) is 5.64. The van der Waals surface area contributed by atoms with E-state index in [0.717, 1.165) is 11.3 Å². The molecule has 0 spiro atoms. The van der Waals surface area contributed by atoms with Crippen molar-refractivity contribution in [1.29, 1.82) is 0 Å². The molecule has 1 aromatic rings. The van der Waals surface area contributed by atoms with Crippen LogP contribution < -0.4 is 16.8 Å². The lowest BCUT2D eigenvalue weighted by Gasteiger charge is -2.29. The molecule has 19 heavy (non-hydrogen) atoms. The summed E-state index contributed by atoms with van der Waals surface area (Å²) >= 11 is 0. The first-order valence-corrected chi connectivity index (χ1v) is 6.89. The Kier molecular flexibility index (Phi) is 4.10.